The summed E-state index contributed by atoms with van der Waals surface area (Å²) in [5.41, 5.74) is -0.413. The number of benzene rings is 1. The van der Waals surface area contributed by atoms with E-state index in [1.807, 2.05) is 37.4 Å². The molecule has 1 N–H and O–H groups in total. The summed E-state index contributed by atoms with van der Waals surface area (Å²) in [4.78, 5) is 38.6. The first-order chi connectivity index (χ1) is 13.0. The molecule has 0 aliphatic heterocycles. The number of carbonyl (C=O) groups is 1. The third kappa shape index (κ3) is 5.07. The fraction of sp³-hybridized carbons (Fsp3) is 0.368. The molecule has 0 saturated carbocycles. The maximum Gasteiger partial charge on any atom is 0.331 e. The second-order valence-corrected chi connectivity index (χ2v) is 6.08. The van der Waals surface area contributed by atoms with Crippen LogP contribution in [0.1, 0.15) is 18.9 Å². The average molecular weight is 369 g/mol. The maximum absolute atomic E-state index is 12.2. The normalized spacial score (nSPS) is 10.3. The molecular weight excluding hydrogens is 346 g/mol. The highest BCUT2D eigenvalue weighted by Gasteiger charge is 2.13. The SMILES string of the molecule is CCn1cc(C#N)c(=O)n(CC(=O)NCCCN(C)c2ccccc2)c1=O. The molecule has 0 radical (unpaired) electrons. The van der Waals surface area contributed by atoms with Gasteiger partial charge in [0.2, 0.25) is 5.91 Å². The van der Waals surface area contributed by atoms with Crippen LogP contribution >= 0.6 is 0 Å². The molecule has 2 aromatic rings. The van der Waals surface area contributed by atoms with Gasteiger partial charge in [0.25, 0.3) is 5.56 Å². The van der Waals surface area contributed by atoms with Gasteiger partial charge in [0.15, 0.2) is 0 Å². The van der Waals surface area contributed by atoms with Crippen molar-refractivity contribution in [2.24, 2.45) is 0 Å². The number of hydrogen-bond acceptors (Lipinski definition) is 5. The van der Waals surface area contributed by atoms with Crippen LogP contribution < -0.4 is 21.5 Å². The molecule has 0 bridgehead atoms. The molecule has 8 heteroatoms. The molecule has 0 atom stereocenters. The number of anilines is 1. The number of aryl methyl sites for hydroxylation is 1. The number of para-hydroxylation sites is 1. The summed E-state index contributed by atoms with van der Waals surface area (Å²) < 4.78 is 2.04. The zero-order chi connectivity index (χ0) is 19.8. The lowest BCUT2D eigenvalue weighted by atomic mass is 10.3. The molecule has 1 aromatic carbocycles. The predicted octanol–water partition coefficient (Wildman–Crippen LogP) is 0.544. The zero-order valence-electron chi connectivity index (χ0n) is 15.5. The van der Waals surface area contributed by atoms with Gasteiger partial charge in [-0.3, -0.25) is 14.2 Å². The van der Waals surface area contributed by atoms with Gasteiger partial charge in [-0.1, -0.05) is 18.2 Å². The van der Waals surface area contributed by atoms with E-state index in [1.165, 1.54) is 10.8 Å². The zero-order valence-corrected chi connectivity index (χ0v) is 15.5. The van der Waals surface area contributed by atoms with Crippen molar-refractivity contribution in [3.05, 3.63) is 62.9 Å². The highest BCUT2D eigenvalue weighted by atomic mass is 16.2. The Bertz CT molecular complexity index is 941. The number of nitriles is 1. The Morgan fingerprint density at radius 2 is 1.96 bits per heavy atom. The molecule has 0 saturated heterocycles. The second-order valence-electron chi connectivity index (χ2n) is 6.08. The molecule has 0 aliphatic carbocycles. The molecular formula is C19H23N5O3. The van der Waals surface area contributed by atoms with Crippen LogP contribution in [0, 0.1) is 11.3 Å². The molecule has 27 heavy (non-hydrogen) atoms. The number of amides is 1. The number of nitrogens with zero attached hydrogens (tertiary/aromatic N) is 4. The van der Waals surface area contributed by atoms with Crippen molar-refractivity contribution < 1.29 is 4.79 Å². The van der Waals surface area contributed by atoms with Gasteiger partial charge >= 0.3 is 5.69 Å². The van der Waals surface area contributed by atoms with E-state index < -0.39 is 23.7 Å². The summed E-state index contributed by atoms with van der Waals surface area (Å²) >= 11 is 0. The highest BCUT2D eigenvalue weighted by molar-refractivity contribution is 5.75. The summed E-state index contributed by atoms with van der Waals surface area (Å²) in [6, 6.07) is 11.6. The maximum atomic E-state index is 12.2. The standard InChI is InChI=1S/C19H23N5O3/c1-3-23-13-15(12-20)18(26)24(19(23)27)14-17(25)21-10-7-11-22(2)16-8-5-4-6-9-16/h4-6,8-9,13H,3,7,10-11,14H2,1-2H3,(H,21,25). The van der Waals surface area contributed by atoms with Crippen molar-refractivity contribution in [2.75, 3.05) is 25.0 Å². The Kier molecular flexibility index (Phi) is 6.94. The molecule has 142 valence electrons. The third-order valence-electron chi connectivity index (χ3n) is 4.19. The monoisotopic (exact) mass is 369 g/mol. The minimum absolute atomic E-state index is 0.159. The first kappa shape index (κ1) is 20.0. The van der Waals surface area contributed by atoms with Gasteiger partial charge < -0.3 is 10.2 Å². The fourth-order valence-electron chi connectivity index (χ4n) is 2.65. The lowest BCUT2D eigenvalue weighted by molar-refractivity contribution is -0.121. The summed E-state index contributed by atoms with van der Waals surface area (Å²) in [5.74, 6) is -0.436. The van der Waals surface area contributed by atoms with E-state index in [0.29, 0.717) is 19.5 Å². The lowest BCUT2D eigenvalue weighted by Gasteiger charge is -2.19. The number of hydrogen-bond donors (Lipinski definition) is 1. The summed E-state index contributed by atoms with van der Waals surface area (Å²) in [5, 5.41) is 11.7. The molecule has 0 aliphatic rings. The molecule has 0 unspecified atom stereocenters. The van der Waals surface area contributed by atoms with Crippen molar-refractivity contribution in [2.45, 2.75) is 26.4 Å². The molecule has 1 amide bonds. The van der Waals surface area contributed by atoms with E-state index in [1.54, 1.807) is 13.0 Å². The smallest absolute Gasteiger partial charge is 0.331 e. The molecule has 1 heterocycles. The average Bonchev–Trinajstić information content (AvgIpc) is 2.69. The molecule has 2 rings (SSSR count). The summed E-state index contributed by atoms with van der Waals surface area (Å²) in [6.07, 6.45) is 1.93. The Balaban J connectivity index is 1.92. The predicted molar refractivity (Wildman–Crippen MR) is 103 cm³/mol. The summed E-state index contributed by atoms with van der Waals surface area (Å²) in [7, 11) is 1.97. The van der Waals surface area contributed by atoms with Crippen LogP contribution in [0.5, 0.6) is 0 Å². The van der Waals surface area contributed by atoms with E-state index in [-0.39, 0.29) is 5.56 Å². The van der Waals surface area contributed by atoms with Crippen LogP contribution in [0.25, 0.3) is 0 Å². The molecule has 8 nitrogen and oxygen atoms in total. The Morgan fingerprint density at radius 3 is 2.59 bits per heavy atom. The number of rotatable bonds is 8. The first-order valence-corrected chi connectivity index (χ1v) is 8.75. The van der Waals surface area contributed by atoms with Gasteiger partial charge in [0.05, 0.1) is 0 Å². The topological polar surface area (TPSA) is 100 Å². The van der Waals surface area contributed by atoms with Gasteiger partial charge in [0, 0.05) is 38.6 Å². The number of nitrogens with one attached hydrogen (secondary N) is 1. The van der Waals surface area contributed by atoms with Crippen molar-refractivity contribution in [1.29, 1.82) is 5.26 Å². The van der Waals surface area contributed by atoms with Crippen molar-refractivity contribution in [3.63, 3.8) is 0 Å². The second kappa shape index (κ2) is 9.38. The Hall–Kier alpha value is -3.34. The summed E-state index contributed by atoms with van der Waals surface area (Å²) in [6.45, 7) is 2.80. The molecule has 0 fully saturated rings. The number of carbonyl (C=O) groups excluding carboxylic acids is 1. The van der Waals surface area contributed by atoms with E-state index >= 15 is 0 Å². The third-order valence-corrected chi connectivity index (χ3v) is 4.19. The van der Waals surface area contributed by atoms with Crippen molar-refractivity contribution in [1.82, 2.24) is 14.5 Å². The van der Waals surface area contributed by atoms with E-state index in [0.717, 1.165) is 16.8 Å². The fourth-order valence-corrected chi connectivity index (χ4v) is 2.65. The van der Waals surface area contributed by atoms with Gasteiger partial charge in [-0.25, -0.2) is 9.36 Å². The van der Waals surface area contributed by atoms with E-state index in [9.17, 15) is 14.4 Å². The van der Waals surface area contributed by atoms with E-state index in [2.05, 4.69) is 10.2 Å². The molecule has 1 aromatic heterocycles. The van der Waals surface area contributed by atoms with Crippen LogP contribution in [0.2, 0.25) is 0 Å². The Morgan fingerprint density at radius 1 is 1.26 bits per heavy atom. The van der Waals surface area contributed by atoms with Crippen molar-refractivity contribution >= 4 is 11.6 Å². The van der Waals surface area contributed by atoms with Crippen LogP contribution in [0.15, 0.2) is 46.1 Å². The number of aromatic nitrogens is 2. The Labute approximate surface area is 157 Å². The largest absolute Gasteiger partial charge is 0.375 e. The van der Waals surface area contributed by atoms with Gasteiger partial charge in [-0.05, 0) is 25.5 Å². The van der Waals surface area contributed by atoms with Gasteiger partial charge in [-0.15, -0.1) is 0 Å². The minimum Gasteiger partial charge on any atom is -0.375 e. The van der Waals surface area contributed by atoms with Crippen molar-refractivity contribution in [3.8, 4) is 6.07 Å². The van der Waals surface area contributed by atoms with Gasteiger partial charge in [0.1, 0.15) is 18.2 Å². The quantitative estimate of drug-likeness (QED) is 0.685. The first-order valence-electron chi connectivity index (χ1n) is 8.75. The molecule has 0 spiro atoms. The lowest BCUT2D eigenvalue weighted by Crippen LogP contribution is -2.44. The van der Waals surface area contributed by atoms with Crippen LogP contribution in [-0.2, 0) is 17.9 Å². The van der Waals surface area contributed by atoms with Gasteiger partial charge in [-0.2, -0.15) is 5.26 Å². The van der Waals surface area contributed by atoms with Crippen LogP contribution in [0.4, 0.5) is 5.69 Å². The minimum atomic E-state index is -0.744. The van der Waals surface area contributed by atoms with Crippen LogP contribution in [0.3, 0.4) is 0 Å². The van der Waals surface area contributed by atoms with E-state index in [4.69, 9.17) is 5.26 Å². The van der Waals surface area contributed by atoms with Crippen LogP contribution in [-0.4, -0.2) is 35.2 Å². The highest BCUT2D eigenvalue weighted by Crippen LogP contribution is 2.10.